The number of hydrogen-bond donors (Lipinski definition) is 0. The van der Waals surface area contributed by atoms with E-state index in [4.69, 9.17) is 14.2 Å². The summed E-state index contributed by atoms with van der Waals surface area (Å²) in [7, 11) is 3.12. The highest BCUT2D eigenvalue weighted by Crippen LogP contribution is 2.58. The molecule has 11 nitrogen and oxygen atoms in total. The maximum Gasteiger partial charge on any atom is 0.194 e. The predicted molar refractivity (Wildman–Crippen MR) is 260 cm³/mol. The van der Waals surface area contributed by atoms with Gasteiger partial charge in [0, 0.05) is 68.6 Å². The van der Waals surface area contributed by atoms with Gasteiger partial charge in [0.1, 0.15) is 70.4 Å². The molecule has 2 aliphatic carbocycles. The standard InChI is InChI=1S/C49H22Br2N6O5S4/c1-49(2)33-13-39(46-36(60-3)9-25(63-46)7-31-41(23(17-54)18-55)27-5-21(15-52)34(50)11-29(27)43(31)58)65-45(33)48-38(62-49)14-40(66-48)47-37(61-4)10-26(64-47)8-32-42(24(19-56)20-57)28-6-22(16-53)35(51)12-30(28)44(32)59/h5-14H,1-4H3/b31-7-,32-8-. The van der Waals surface area contributed by atoms with Crippen molar-refractivity contribution in [1.82, 2.24) is 0 Å². The smallest absolute Gasteiger partial charge is 0.194 e. The first kappa shape index (κ1) is 44.1. The number of ether oxygens (including phenoxy) is 3. The third-order valence-electron chi connectivity index (χ3n) is 11.0. The van der Waals surface area contributed by atoms with Gasteiger partial charge in [-0.3, -0.25) is 9.59 Å². The summed E-state index contributed by atoms with van der Waals surface area (Å²) in [6, 6.07) is 25.6. The van der Waals surface area contributed by atoms with Gasteiger partial charge >= 0.3 is 0 Å². The lowest BCUT2D eigenvalue weighted by Crippen LogP contribution is -2.27. The van der Waals surface area contributed by atoms with Gasteiger partial charge in [0.25, 0.3) is 0 Å². The van der Waals surface area contributed by atoms with E-state index < -0.39 is 5.60 Å². The first-order chi connectivity index (χ1) is 31.7. The van der Waals surface area contributed by atoms with Crippen LogP contribution in [0.4, 0.5) is 0 Å². The van der Waals surface area contributed by atoms with E-state index in [0.717, 1.165) is 34.8 Å². The summed E-state index contributed by atoms with van der Waals surface area (Å²) in [5.74, 6) is 1.01. The number of allylic oxidation sites excluding steroid dienone is 6. The van der Waals surface area contributed by atoms with Crippen molar-refractivity contribution in [3.05, 3.63) is 128 Å². The summed E-state index contributed by atoms with van der Waals surface area (Å²) in [5, 5.41) is 59.0. The number of Topliss-reactive ketones (excluding diaryl/α,β-unsaturated/α-hetero) is 2. The Labute approximate surface area is 409 Å². The van der Waals surface area contributed by atoms with E-state index in [-0.39, 0.29) is 67.3 Å². The van der Waals surface area contributed by atoms with Crippen LogP contribution in [0.2, 0.25) is 0 Å². The number of ketones is 2. The van der Waals surface area contributed by atoms with E-state index in [1.807, 2.05) is 44.2 Å². The Morgan fingerprint density at radius 2 is 1.03 bits per heavy atom. The molecule has 0 amide bonds. The molecule has 0 bridgehead atoms. The summed E-state index contributed by atoms with van der Waals surface area (Å²) in [6.07, 6.45) is 3.30. The van der Waals surface area contributed by atoms with Crippen LogP contribution in [-0.2, 0) is 5.60 Å². The van der Waals surface area contributed by atoms with E-state index >= 15 is 0 Å². The van der Waals surface area contributed by atoms with Crippen molar-refractivity contribution in [3.63, 3.8) is 0 Å². The molecule has 4 aromatic heterocycles. The summed E-state index contributed by atoms with van der Waals surface area (Å²) in [5.41, 5.74) is 2.13. The van der Waals surface area contributed by atoms with Gasteiger partial charge in [0.15, 0.2) is 11.6 Å². The average molecular weight is 1060 g/mol. The number of fused-ring (bicyclic) bond motifs is 5. The predicted octanol–water partition coefficient (Wildman–Crippen LogP) is 13.0. The minimum atomic E-state index is -0.747. The molecule has 0 spiro atoms. The molecule has 0 radical (unpaired) electrons. The zero-order chi connectivity index (χ0) is 46.9. The molecule has 1 aliphatic heterocycles. The Hall–Kier alpha value is -7.16. The number of methoxy groups -OCH3 is 2. The van der Waals surface area contributed by atoms with Gasteiger partial charge < -0.3 is 14.2 Å². The third kappa shape index (κ3) is 6.94. The van der Waals surface area contributed by atoms with Crippen molar-refractivity contribution in [3.8, 4) is 82.9 Å². The number of thiophene rings is 4. The van der Waals surface area contributed by atoms with Crippen LogP contribution in [0.25, 0.3) is 52.6 Å². The van der Waals surface area contributed by atoms with Crippen LogP contribution in [-0.4, -0.2) is 25.8 Å². The van der Waals surface area contributed by atoms with Gasteiger partial charge in [-0.25, -0.2) is 0 Å². The Balaban J connectivity index is 1.10. The topological polar surface area (TPSA) is 205 Å². The molecule has 2 aromatic carbocycles. The lowest BCUT2D eigenvalue weighted by atomic mass is 9.95. The van der Waals surface area contributed by atoms with Crippen molar-refractivity contribution < 1.29 is 23.8 Å². The van der Waals surface area contributed by atoms with Crippen LogP contribution in [0, 0.1) is 68.0 Å². The highest BCUT2D eigenvalue weighted by atomic mass is 79.9. The van der Waals surface area contributed by atoms with Crippen LogP contribution >= 0.6 is 77.2 Å². The van der Waals surface area contributed by atoms with Crippen LogP contribution < -0.4 is 14.2 Å². The summed E-state index contributed by atoms with van der Waals surface area (Å²) in [4.78, 5) is 34.3. The minimum absolute atomic E-state index is 0.156. The molecule has 0 fully saturated rings. The van der Waals surface area contributed by atoms with Gasteiger partial charge in [0.05, 0.1) is 49.7 Å². The number of nitriles is 6. The normalized spacial score (nSPS) is 15.0. The summed E-state index contributed by atoms with van der Waals surface area (Å²) >= 11 is 12.5. The second kappa shape index (κ2) is 16.7. The fraction of sp³-hybridized carbons (Fsp3) is 0.102. The van der Waals surface area contributed by atoms with Gasteiger partial charge in [-0.2, -0.15) is 31.6 Å². The fourth-order valence-corrected chi connectivity index (χ4v) is 13.8. The van der Waals surface area contributed by atoms with Gasteiger partial charge in [-0.05, 0) is 111 Å². The molecule has 3 aliphatic rings. The molecule has 5 heterocycles. The van der Waals surface area contributed by atoms with Crippen molar-refractivity contribution in [2.24, 2.45) is 0 Å². The summed E-state index contributed by atoms with van der Waals surface area (Å²) < 4.78 is 19.3. The number of carbonyl (C=O) groups excluding carboxylic acids is 2. The highest BCUT2D eigenvalue weighted by molar-refractivity contribution is 9.10. The van der Waals surface area contributed by atoms with Crippen LogP contribution in [0.1, 0.15) is 72.1 Å². The first-order valence-electron chi connectivity index (χ1n) is 19.2. The number of benzene rings is 2. The number of halogens is 2. The van der Waals surface area contributed by atoms with Crippen molar-refractivity contribution in [2.75, 3.05) is 14.2 Å². The molecule has 0 N–H and O–H groups in total. The molecule has 17 heteroatoms. The van der Waals surface area contributed by atoms with Crippen LogP contribution in [0.5, 0.6) is 17.2 Å². The van der Waals surface area contributed by atoms with E-state index in [1.165, 1.54) is 52.2 Å². The quantitative estimate of drug-likeness (QED) is 0.113. The third-order valence-corrected chi connectivity index (χ3v) is 17.2. The van der Waals surface area contributed by atoms with E-state index in [2.05, 4.69) is 50.1 Å². The molecule has 0 atom stereocenters. The second-order valence-corrected chi connectivity index (χ2v) is 21.0. The molecule has 316 valence electrons. The number of hydrogen-bond acceptors (Lipinski definition) is 15. The lowest BCUT2D eigenvalue weighted by molar-refractivity contribution is 0.103. The Bertz CT molecular complexity index is 3630. The second-order valence-electron chi connectivity index (χ2n) is 15.1. The molecular weight excluding hydrogens is 1040 g/mol. The lowest BCUT2D eigenvalue weighted by Gasteiger charge is -2.31. The highest BCUT2D eigenvalue weighted by Gasteiger charge is 2.39. The minimum Gasteiger partial charge on any atom is -0.495 e. The van der Waals surface area contributed by atoms with Crippen molar-refractivity contribution in [1.29, 1.82) is 31.6 Å². The van der Waals surface area contributed by atoms with E-state index in [9.17, 15) is 41.2 Å². The number of nitrogens with zero attached hydrogens (tertiary/aromatic N) is 6. The average Bonchev–Trinajstić information content (AvgIpc) is 4.17. The zero-order valence-electron chi connectivity index (χ0n) is 34.4. The maximum absolute atomic E-state index is 13.9. The largest absolute Gasteiger partial charge is 0.495 e. The Kier molecular flexibility index (Phi) is 11.1. The molecule has 0 saturated heterocycles. The van der Waals surface area contributed by atoms with Crippen LogP contribution in [0.15, 0.2) is 79.8 Å². The molecule has 9 rings (SSSR count). The van der Waals surface area contributed by atoms with Gasteiger partial charge in [0.2, 0.25) is 0 Å². The summed E-state index contributed by atoms with van der Waals surface area (Å²) in [6.45, 7) is 3.98. The number of rotatable bonds is 6. The molecule has 66 heavy (non-hydrogen) atoms. The molecular formula is C49H22Br2N6O5S4. The van der Waals surface area contributed by atoms with Crippen molar-refractivity contribution >= 4 is 112 Å². The first-order valence-corrected chi connectivity index (χ1v) is 24.0. The fourth-order valence-electron chi connectivity index (χ4n) is 8.03. The Morgan fingerprint density at radius 1 is 0.591 bits per heavy atom. The van der Waals surface area contributed by atoms with E-state index in [1.54, 1.807) is 55.9 Å². The van der Waals surface area contributed by atoms with Gasteiger partial charge in [-0.1, -0.05) is 0 Å². The number of carbonyl (C=O) groups is 2. The van der Waals surface area contributed by atoms with Gasteiger partial charge in [-0.15, -0.1) is 45.3 Å². The SMILES string of the molecule is COc1cc(/C=C2\C(=O)c3cc(Br)c(C#N)cc3C2=C(C#N)C#N)sc1-c1cc2c(s1)-c1sc(-c3sc(/C=C4\C(=O)c5cc(Br)c(C#N)cc5C4=C(C#N)C#N)cc3OC)cc1C(C)(C)O2. The molecule has 0 unspecified atom stereocenters. The monoisotopic (exact) mass is 1060 g/mol. The Morgan fingerprint density at radius 3 is 1.45 bits per heavy atom. The van der Waals surface area contributed by atoms with Crippen LogP contribution in [0.3, 0.4) is 0 Å². The molecule has 0 saturated carbocycles. The van der Waals surface area contributed by atoms with E-state index in [0.29, 0.717) is 47.1 Å². The zero-order valence-corrected chi connectivity index (χ0v) is 40.8. The van der Waals surface area contributed by atoms with Crippen molar-refractivity contribution in [2.45, 2.75) is 19.4 Å². The molecule has 6 aromatic rings. The maximum atomic E-state index is 13.9.